The summed E-state index contributed by atoms with van der Waals surface area (Å²) < 4.78 is 11.8. The number of nitrogens with one attached hydrogen (secondary N) is 1. The van der Waals surface area contributed by atoms with Crippen LogP contribution in [0.3, 0.4) is 0 Å². The molecule has 0 radical (unpaired) electrons. The van der Waals surface area contributed by atoms with Crippen molar-refractivity contribution in [2.75, 3.05) is 19.6 Å². The molecule has 1 N–H and O–H groups in total. The Kier molecular flexibility index (Phi) is 5.86. The van der Waals surface area contributed by atoms with Crippen molar-refractivity contribution in [2.45, 2.75) is 65.2 Å². The highest BCUT2D eigenvalue weighted by molar-refractivity contribution is 5.70. The van der Waals surface area contributed by atoms with E-state index in [9.17, 15) is 4.79 Å². The first kappa shape index (κ1) is 22.3. The Bertz CT molecular complexity index is 1020. The number of benzene rings is 2. The van der Waals surface area contributed by atoms with E-state index in [4.69, 9.17) is 9.47 Å². The Morgan fingerprint density at radius 1 is 1.09 bits per heavy atom. The molecule has 3 saturated heterocycles. The van der Waals surface area contributed by atoms with Gasteiger partial charge in [-0.3, -0.25) is 4.90 Å². The fourth-order valence-electron chi connectivity index (χ4n) is 5.86. The van der Waals surface area contributed by atoms with Gasteiger partial charge in [-0.25, -0.2) is 4.79 Å². The van der Waals surface area contributed by atoms with Crippen LogP contribution in [0.15, 0.2) is 42.5 Å². The van der Waals surface area contributed by atoms with Gasteiger partial charge in [-0.15, -0.1) is 0 Å². The van der Waals surface area contributed by atoms with E-state index in [-0.39, 0.29) is 29.8 Å². The number of fused-ring (bicyclic) bond motifs is 4. The molecular weight excluding hydrogens is 412 g/mol. The van der Waals surface area contributed by atoms with Crippen molar-refractivity contribution >= 4 is 6.09 Å². The molecule has 1 aliphatic carbocycles. The maximum Gasteiger partial charge on any atom is 0.407 e. The molecule has 33 heavy (non-hydrogen) atoms. The van der Waals surface area contributed by atoms with Crippen LogP contribution in [0.5, 0.6) is 5.75 Å². The second-order valence-electron chi connectivity index (χ2n) is 10.9. The van der Waals surface area contributed by atoms with Crippen LogP contribution in [0.25, 0.3) is 11.1 Å². The number of rotatable bonds is 5. The summed E-state index contributed by atoms with van der Waals surface area (Å²) in [4.78, 5) is 15.3. The lowest BCUT2D eigenvalue weighted by Crippen LogP contribution is -2.53. The second kappa shape index (κ2) is 8.68. The summed E-state index contributed by atoms with van der Waals surface area (Å²) in [7, 11) is 0. The van der Waals surface area contributed by atoms with Crippen LogP contribution >= 0.6 is 0 Å². The van der Waals surface area contributed by atoms with Crippen LogP contribution < -0.4 is 10.1 Å². The Morgan fingerprint density at radius 3 is 2.55 bits per heavy atom. The second-order valence-corrected chi connectivity index (χ2v) is 10.9. The van der Waals surface area contributed by atoms with Crippen molar-refractivity contribution < 1.29 is 14.3 Å². The standard InChI is InChI=1S/C28H36N2O3/c1-18(2)32-23-7-5-6-20(15-23)21-8-9-24-22(14-21)16-28(3,4)26(24)29-27(31)33-25-17-30-12-10-19(25)11-13-30/h5-9,14-15,18-19,25-26H,10-13,16-17H2,1-4H3,(H,29,31)/t25-,26?/m1/s1. The average molecular weight is 449 g/mol. The van der Waals surface area contributed by atoms with Crippen LogP contribution in [0.2, 0.25) is 0 Å². The van der Waals surface area contributed by atoms with Gasteiger partial charge in [0.2, 0.25) is 0 Å². The predicted molar refractivity (Wildman–Crippen MR) is 130 cm³/mol. The highest BCUT2D eigenvalue weighted by atomic mass is 16.6. The molecule has 5 nitrogen and oxygen atoms in total. The van der Waals surface area contributed by atoms with Crippen LogP contribution in [-0.4, -0.2) is 42.8 Å². The van der Waals surface area contributed by atoms with Crippen molar-refractivity contribution in [2.24, 2.45) is 11.3 Å². The quantitative estimate of drug-likeness (QED) is 0.648. The number of ether oxygens (including phenoxy) is 2. The molecule has 1 unspecified atom stereocenters. The number of carbonyl (C=O) groups is 1. The maximum atomic E-state index is 12.9. The van der Waals surface area contributed by atoms with E-state index in [0.717, 1.165) is 50.2 Å². The molecule has 0 aromatic heterocycles. The molecule has 6 rings (SSSR count). The van der Waals surface area contributed by atoms with Crippen molar-refractivity contribution in [1.29, 1.82) is 0 Å². The lowest BCUT2D eigenvalue weighted by molar-refractivity contribution is -0.0348. The fourth-order valence-corrected chi connectivity index (χ4v) is 5.86. The topological polar surface area (TPSA) is 50.8 Å². The van der Waals surface area contributed by atoms with E-state index in [0.29, 0.717) is 5.92 Å². The molecule has 4 aliphatic rings. The van der Waals surface area contributed by atoms with Gasteiger partial charge in [0.15, 0.2) is 0 Å². The molecule has 0 saturated carbocycles. The van der Waals surface area contributed by atoms with E-state index in [1.165, 1.54) is 16.7 Å². The third-order valence-corrected chi connectivity index (χ3v) is 7.54. The Balaban J connectivity index is 1.32. The third kappa shape index (κ3) is 4.61. The van der Waals surface area contributed by atoms with Crippen molar-refractivity contribution in [1.82, 2.24) is 10.2 Å². The summed E-state index contributed by atoms with van der Waals surface area (Å²) in [6.45, 7) is 11.7. The van der Waals surface area contributed by atoms with E-state index >= 15 is 0 Å². The van der Waals surface area contributed by atoms with Gasteiger partial charge >= 0.3 is 6.09 Å². The van der Waals surface area contributed by atoms with Gasteiger partial charge in [-0.1, -0.05) is 44.2 Å². The zero-order valence-electron chi connectivity index (χ0n) is 20.3. The minimum atomic E-state index is -0.276. The Hall–Kier alpha value is -2.53. The van der Waals surface area contributed by atoms with Crippen molar-refractivity contribution in [3.63, 3.8) is 0 Å². The van der Waals surface area contributed by atoms with Crippen LogP contribution in [0.4, 0.5) is 4.79 Å². The molecule has 3 heterocycles. The molecule has 1 amide bonds. The molecule has 2 bridgehead atoms. The largest absolute Gasteiger partial charge is 0.491 e. The molecule has 3 fully saturated rings. The number of nitrogens with zero attached hydrogens (tertiary/aromatic N) is 1. The highest BCUT2D eigenvalue weighted by Gasteiger charge is 2.42. The zero-order valence-corrected chi connectivity index (χ0v) is 20.3. The van der Waals surface area contributed by atoms with E-state index in [1.54, 1.807) is 0 Å². The average Bonchev–Trinajstić information content (AvgIpc) is 3.03. The van der Waals surface area contributed by atoms with Gasteiger partial charge in [0.05, 0.1) is 12.1 Å². The van der Waals surface area contributed by atoms with Crippen molar-refractivity contribution in [3.8, 4) is 16.9 Å². The molecule has 2 atom stereocenters. The number of hydrogen-bond acceptors (Lipinski definition) is 4. The third-order valence-electron chi connectivity index (χ3n) is 7.54. The van der Waals surface area contributed by atoms with Crippen molar-refractivity contribution in [3.05, 3.63) is 53.6 Å². The van der Waals surface area contributed by atoms with E-state index in [2.05, 4.69) is 54.4 Å². The maximum absolute atomic E-state index is 12.9. The lowest BCUT2D eigenvalue weighted by atomic mass is 9.85. The Labute approximate surface area is 197 Å². The molecule has 3 aliphatic heterocycles. The van der Waals surface area contributed by atoms with Gasteiger partial charge in [-0.05, 0) is 91.9 Å². The summed E-state index contributed by atoms with van der Waals surface area (Å²) in [5, 5.41) is 3.22. The van der Waals surface area contributed by atoms with Crippen LogP contribution in [-0.2, 0) is 11.2 Å². The number of hydrogen-bond donors (Lipinski definition) is 1. The van der Waals surface area contributed by atoms with Gasteiger partial charge in [0.25, 0.3) is 0 Å². The summed E-state index contributed by atoms with van der Waals surface area (Å²) in [6, 6.07) is 14.8. The normalized spacial score (nSPS) is 27.3. The number of alkyl carbamates (subject to hydrolysis) is 1. The number of piperidine rings is 3. The molecule has 5 heteroatoms. The minimum absolute atomic E-state index is 0.0270. The van der Waals surface area contributed by atoms with E-state index in [1.807, 2.05) is 26.0 Å². The number of carbonyl (C=O) groups excluding carboxylic acids is 1. The van der Waals surface area contributed by atoms with Crippen LogP contribution in [0, 0.1) is 11.3 Å². The first-order chi connectivity index (χ1) is 15.8. The first-order valence-electron chi connectivity index (χ1n) is 12.4. The summed E-state index contributed by atoms with van der Waals surface area (Å²) >= 11 is 0. The predicted octanol–water partition coefficient (Wildman–Crippen LogP) is 5.58. The minimum Gasteiger partial charge on any atom is -0.491 e. The Morgan fingerprint density at radius 2 is 1.85 bits per heavy atom. The monoisotopic (exact) mass is 448 g/mol. The molecule has 0 spiro atoms. The molecular formula is C28H36N2O3. The van der Waals surface area contributed by atoms with Gasteiger partial charge in [0, 0.05) is 6.54 Å². The molecule has 2 aromatic rings. The van der Waals surface area contributed by atoms with E-state index < -0.39 is 0 Å². The SMILES string of the molecule is CC(C)Oc1cccc(-c2ccc3c(c2)CC(C)(C)C3NC(=O)O[C@@H]2CN3CCC2CC3)c1. The summed E-state index contributed by atoms with van der Waals surface area (Å²) in [5.74, 6) is 1.40. The fraction of sp³-hybridized carbons (Fsp3) is 0.536. The highest BCUT2D eigenvalue weighted by Crippen LogP contribution is 2.46. The number of amides is 1. The summed E-state index contributed by atoms with van der Waals surface area (Å²) in [5.41, 5.74) is 4.74. The smallest absolute Gasteiger partial charge is 0.407 e. The van der Waals surface area contributed by atoms with Gasteiger partial charge < -0.3 is 14.8 Å². The zero-order chi connectivity index (χ0) is 23.2. The lowest BCUT2D eigenvalue weighted by Gasteiger charge is -2.44. The van der Waals surface area contributed by atoms with Crippen LogP contribution in [0.1, 0.15) is 57.7 Å². The van der Waals surface area contributed by atoms with Gasteiger partial charge in [-0.2, -0.15) is 0 Å². The van der Waals surface area contributed by atoms with Gasteiger partial charge in [0.1, 0.15) is 11.9 Å². The molecule has 176 valence electrons. The summed E-state index contributed by atoms with van der Waals surface area (Å²) in [6.07, 6.45) is 3.10. The molecule has 2 aromatic carbocycles. The first-order valence-corrected chi connectivity index (χ1v) is 12.4.